The number of rotatable bonds is 6. The average molecular weight is 282 g/mol. The maximum absolute atomic E-state index is 6.25. The van der Waals surface area contributed by atoms with Crippen molar-refractivity contribution >= 4 is 20.7 Å². The van der Waals surface area contributed by atoms with E-state index in [-0.39, 0.29) is 23.0 Å². The van der Waals surface area contributed by atoms with Crippen molar-refractivity contribution in [3.05, 3.63) is 0 Å². The smallest absolute Gasteiger partial charge is 0.192 e. The molecule has 0 aromatic carbocycles. The first-order chi connectivity index (χ1) is 7.02. The van der Waals surface area contributed by atoms with Crippen molar-refractivity contribution in [1.82, 2.24) is 0 Å². The van der Waals surface area contributed by atoms with Crippen LogP contribution >= 0.6 is 12.4 Å². The van der Waals surface area contributed by atoms with Crippen LogP contribution in [-0.2, 0) is 4.43 Å². The fourth-order valence-corrected chi connectivity index (χ4v) is 2.34. The highest BCUT2D eigenvalue weighted by molar-refractivity contribution is 6.74. The van der Waals surface area contributed by atoms with Gasteiger partial charge in [0.2, 0.25) is 0 Å². The second-order valence-corrected chi connectivity index (χ2v) is 11.6. The third-order valence-electron chi connectivity index (χ3n) is 3.67. The van der Waals surface area contributed by atoms with E-state index in [1.165, 1.54) is 12.8 Å². The number of halogens is 1. The van der Waals surface area contributed by atoms with E-state index in [1.54, 1.807) is 0 Å². The summed E-state index contributed by atoms with van der Waals surface area (Å²) < 4.78 is 6.17. The minimum Gasteiger partial charge on any atom is -0.415 e. The lowest BCUT2D eigenvalue weighted by Crippen LogP contribution is -2.48. The molecule has 2 nitrogen and oxygen atoms in total. The fraction of sp³-hybridized carbons (Fsp3) is 1.00. The highest BCUT2D eigenvalue weighted by Gasteiger charge is 2.38. The predicted octanol–water partition coefficient (Wildman–Crippen LogP) is 4.34. The quantitative estimate of drug-likeness (QED) is 0.735. The summed E-state index contributed by atoms with van der Waals surface area (Å²) in [6.45, 7) is 16.4. The van der Waals surface area contributed by atoms with Crippen LogP contribution in [-0.4, -0.2) is 20.5 Å². The molecule has 0 radical (unpaired) electrons. The lowest BCUT2D eigenvalue weighted by atomic mass is 9.98. The van der Waals surface area contributed by atoms with Crippen LogP contribution in [0.4, 0.5) is 0 Å². The lowest BCUT2D eigenvalue weighted by Gasteiger charge is -2.39. The second kappa shape index (κ2) is 7.12. The van der Waals surface area contributed by atoms with Gasteiger partial charge in [-0.15, -0.1) is 12.4 Å². The molecular weight excluding hydrogens is 250 g/mol. The third-order valence-corrected chi connectivity index (χ3v) is 8.15. The van der Waals surface area contributed by atoms with Crippen molar-refractivity contribution in [2.45, 2.75) is 77.6 Å². The topological polar surface area (TPSA) is 35.2 Å². The Balaban J connectivity index is 0. The predicted molar refractivity (Wildman–Crippen MR) is 82.5 cm³/mol. The van der Waals surface area contributed by atoms with E-state index in [4.69, 9.17) is 10.2 Å². The van der Waals surface area contributed by atoms with Gasteiger partial charge in [-0.1, -0.05) is 40.5 Å². The molecule has 0 aliphatic heterocycles. The summed E-state index contributed by atoms with van der Waals surface area (Å²) in [6.07, 6.45) is 3.44. The highest BCUT2D eigenvalue weighted by atomic mass is 35.5. The highest BCUT2D eigenvalue weighted by Crippen LogP contribution is 2.37. The van der Waals surface area contributed by atoms with Gasteiger partial charge in [0.15, 0.2) is 8.32 Å². The van der Waals surface area contributed by atoms with E-state index in [0.29, 0.717) is 6.61 Å². The molecule has 0 saturated carbocycles. The van der Waals surface area contributed by atoms with Crippen molar-refractivity contribution < 1.29 is 4.43 Å². The zero-order valence-corrected chi connectivity index (χ0v) is 14.5. The molecule has 0 aromatic rings. The van der Waals surface area contributed by atoms with Gasteiger partial charge in [0, 0.05) is 5.54 Å². The lowest BCUT2D eigenvalue weighted by molar-refractivity contribution is 0.201. The molecular formula is C13H32ClNOSi. The van der Waals surface area contributed by atoms with Crippen LogP contribution in [0.2, 0.25) is 18.1 Å². The van der Waals surface area contributed by atoms with Crippen molar-refractivity contribution in [3.8, 4) is 0 Å². The summed E-state index contributed by atoms with van der Waals surface area (Å²) in [7, 11) is -1.63. The Kier molecular flexibility index (Phi) is 8.28. The fourth-order valence-electron chi connectivity index (χ4n) is 1.21. The molecule has 0 aromatic heterocycles. The number of nitrogens with two attached hydrogens (primary N) is 1. The molecule has 0 aliphatic rings. The van der Waals surface area contributed by atoms with Crippen molar-refractivity contribution in [1.29, 1.82) is 0 Å². The monoisotopic (exact) mass is 281 g/mol. The van der Waals surface area contributed by atoms with Crippen LogP contribution < -0.4 is 5.73 Å². The molecule has 0 fully saturated rings. The molecule has 0 unspecified atom stereocenters. The van der Waals surface area contributed by atoms with E-state index in [9.17, 15) is 0 Å². The first-order valence-corrected chi connectivity index (χ1v) is 9.35. The summed E-state index contributed by atoms with van der Waals surface area (Å²) in [6, 6.07) is 0. The standard InChI is InChI=1S/C13H31NOSi.ClH/c1-8-9-10-13(5,14)11-15-16(6,7)12(2,3)4;/h8-11,14H2,1-7H3;1H/t13-;/m1./s1. The van der Waals surface area contributed by atoms with Gasteiger partial charge in [-0.2, -0.15) is 0 Å². The van der Waals surface area contributed by atoms with Gasteiger partial charge in [0.05, 0.1) is 6.61 Å². The van der Waals surface area contributed by atoms with Gasteiger partial charge >= 0.3 is 0 Å². The summed E-state index contributed by atoms with van der Waals surface area (Å²) in [5.74, 6) is 0. The SMILES string of the molecule is CCCC[C@@](C)(N)CO[Si](C)(C)C(C)(C)C.Cl. The van der Waals surface area contributed by atoms with E-state index in [2.05, 4.69) is 47.7 Å². The number of hydrogen-bond donors (Lipinski definition) is 1. The van der Waals surface area contributed by atoms with Crippen molar-refractivity contribution in [2.24, 2.45) is 5.73 Å². The zero-order chi connectivity index (χ0) is 13.0. The first kappa shape index (κ1) is 19.8. The largest absolute Gasteiger partial charge is 0.415 e. The Morgan fingerprint density at radius 1 is 1.12 bits per heavy atom. The van der Waals surface area contributed by atoms with Crippen LogP contribution in [0.5, 0.6) is 0 Å². The summed E-state index contributed by atoms with van der Waals surface area (Å²) >= 11 is 0. The maximum Gasteiger partial charge on any atom is 0.192 e. The molecule has 2 N–H and O–H groups in total. The molecule has 0 spiro atoms. The molecule has 4 heteroatoms. The first-order valence-electron chi connectivity index (χ1n) is 6.45. The molecule has 0 rings (SSSR count). The average Bonchev–Trinajstić information content (AvgIpc) is 2.10. The Morgan fingerprint density at radius 2 is 1.59 bits per heavy atom. The Hall–Kier alpha value is 0.427. The van der Waals surface area contributed by atoms with Crippen LogP contribution in [0.25, 0.3) is 0 Å². The van der Waals surface area contributed by atoms with E-state index < -0.39 is 8.32 Å². The van der Waals surface area contributed by atoms with Gasteiger partial charge in [-0.05, 0) is 31.5 Å². The van der Waals surface area contributed by atoms with Crippen LogP contribution in [0.15, 0.2) is 0 Å². The minimum absolute atomic E-state index is 0. The summed E-state index contributed by atoms with van der Waals surface area (Å²) in [4.78, 5) is 0. The van der Waals surface area contributed by atoms with Crippen molar-refractivity contribution in [3.63, 3.8) is 0 Å². The van der Waals surface area contributed by atoms with Gasteiger partial charge in [0.25, 0.3) is 0 Å². The molecule has 0 aliphatic carbocycles. The third kappa shape index (κ3) is 7.45. The molecule has 17 heavy (non-hydrogen) atoms. The van der Waals surface area contributed by atoms with E-state index in [1.807, 2.05) is 0 Å². The normalized spacial score (nSPS) is 16.2. The van der Waals surface area contributed by atoms with Crippen LogP contribution in [0.3, 0.4) is 0 Å². The van der Waals surface area contributed by atoms with E-state index in [0.717, 1.165) is 6.42 Å². The number of hydrogen-bond acceptors (Lipinski definition) is 2. The Labute approximate surface area is 115 Å². The molecule has 0 saturated heterocycles. The van der Waals surface area contributed by atoms with Crippen molar-refractivity contribution in [2.75, 3.05) is 6.61 Å². The minimum atomic E-state index is -1.63. The van der Waals surface area contributed by atoms with Gasteiger partial charge in [0.1, 0.15) is 0 Å². The molecule has 0 bridgehead atoms. The molecule has 106 valence electrons. The molecule has 0 heterocycles. The Morgan fingerprint density at radius 3 is 1.94 bits per heavy atom. The van der Waals surface area contributed by atoms with Gasteiger partial charge in [-0.25, -0.2) is 0 Å². The molecule has 0 amide bonds. The molecule has 1 atom stereocenters. The van der Waals surface area contributed by atoms with Gasteiger partial charge < -0.3 is 10.2 Å². The summed E-state index contributed by atoms with van der Waals surface area (Å²) in [5.41, 5.74) is 6.09. The second-order valence-electron chi connectivity index (χ2n) is 6.81. The van der Waals surface area contributed by atoms with E-state index >= 15 is 0 Å². The Bertz CT molecular complexity index is 212. The van der Waals surface area contributed by atoms with Gasteiger partial charge in [-0.3, -0.25) is 0 Å². The maximum atomic E-state index is 6.25. The van der Waals surface area contributed by atoms with Crippen LogP contribution in [0, 0.1) is 0 Å². The van der Waals surface area contributed by atoms with Crippen LogP contribution in [0.1, 0.15) is 53.9 Å². The zero-order valence-electron chi connectivity index (χ0n) is 12.7. The number of unbranched alkanes of at least 4 members (excludes halogenated alkanes) is 1. The summed E-state index contributed by atoms with van der Waals surface area (Å²) in [5, 5.41) is 0.272.